The lowest BCUT2D eigenvalue weighted by Gasteiger charge is -2.60. The van der Waals surface area contributed by atoms with Crippen molar-refractivity contribution in [3.63, 3.8) is 0 Å². The zero-order valence-corrected chi connectivity index (χ0v) is 17.5. The molecule has 0 aromatic rings. The van der Waals surface area contributed by atoms with Crippen molar-refractivity contribution >= 4 is 11.8 Å². The third-order valence-corrected chi connectivity index (χ3v) is 10.0. The van der Waals surface area contributed by atoms with E-state index in [-0.39, 0.29) is 6.42 Å². The molecule has 152 valence electrons. The van der Waals surface area contributed by atoms with E-state index in [1.54, 1.807) is 0 Å². The largest absolute Gasteiger partial charge is 0.550 e. The molecule has 0 N–H and O–H groups in total. The van der Waals surface area contributed by atoms with Gasteiger partial charge in [0.2, 0.25) is 0 Å². The van der Waals surface area contributed by atoms with Gasteiger partial charge in [0.1, 0.15) is 5.78 Å². The molecule has 4 rings (SSSR count). The van der Waals surface area contributed by atoms with Crippen molar-refractivity contribution in [2.24, 2.45) is 46.3 Å². The number of carbonyl (C=O) groups excluding carboxylic acids is 2. The van der Waals surface area contributed by atoms with Gasteiger partial charge in [0.25, 0.3) is 0 Å². The van der Waals surface area contributed by atoms with Crippen LogP contribution < -0.4 is 5.11 Å². The summed E-state index contributed by atoms with van der Waals surface area (Å²) in [6.07, 6.45) is 11.5. The second-order valence-electron chi connectivity index (χ2n) is 11.0. The van der Waals surface area contributed by atoms with Crippen molar-refractivity contribution in [1.82, 2.24) is 0 Å². The number of hydrogen-bond donors (Lipinski definition) is 0. The topological polar surface area (TPSA) is 57.2 Å². The predicted molar refractivity (Wildman–Crippen MR) is 104 cm³/mol. The van der Waals surface area contributed by atoms with Gasteiger partial charge in [-0.1, -0.05) is 20.8 Å². The number of aliphatic carboxylic acids is 1. The molecule has 0 aliphatic heterocycles. The van der Waals surface area contributed by atoms with E-state index in [2.05, 4.69) is 20.8 Å². The summed E-state index contributed by atoms with van der Waals surface area (Å²) in [5, 5.41) is 10.9. The Morgan fingerprint density at radius 1 is 1.07 bits per heavy atom. The highest BCUT2D eigenvalue weighted by Crippen LogP contribution is 2.68. The molecule has 0 spiro atoms. The van der Waals surface area contributed by atoms with E-state index in [0.29, 0.717) is 34.4 Å². The third kappa shape index (κ3) is 3.08. The van der Waals surface area contributed by atoms with Crippen LogP contribution in [0.15, 0.2) is 0 Å². The van der Waals surface area contributed by atoms with E-state index in [1.807, 2.05) is 0 Å². The Kier molecular flexibility index (Phi) is 4.96. The summed E-state index contributed by atoms with van der Waals surface area (Å²) in [5.74, 6) is 3.82. The molecule has 0 amide bonds. The number of rotatable bonds is 4. The quantitative estimate of drug-likeness (QED) is 0.735. The molecule has 3 heteroatoms. The van der Waals surface area contributed by atoms with Crippen molar-refractivity contribution in [2.45, 2.75) is 91.4 Å². The van der Waals surface area contributed by atoms with Gasteiger partial charge in [-0.3, -0.25) is 4.79 Å². The Bertz CT molecular complexity index is 613. The van der Waals surface area contributed by atoms with Gasteiger partial charge in [0, 0.05) is 18.8 Å². The molecular formula is C24H37O3-. The zero-order valence-electron chi connectivity index (χ0n) is 17.5. The number of carbonyl (C=O) groups is 2. The summed E-state index contributed by atoms with van der Waals surface area (Å²) in [6.45, 7) is 7.32. The van der Waals surface area contributed by atoms with E-state index < -0.39 is 5.97 Å². The van der Waals surface area contributed by atoms with E-state index in [0.717, 1.165) is 43.4 Å². The van der Waals surface area contributed by atoms with Crippen LogP contribution in [-0.2, 0) is 9.59 Å². The summed E-state index contributed by atoms with van der Waals surface area (Å²) < 4.78 is 0. The Morgan fingerprint density at radius 3 is 2.56 bits per heavy atom. The SMILES string of the molecule is C[C@H](CCC(=O)[O-])[C@H]1CC[C@H]2[C@@H]3CC[C@@H]4CC(=O)CC[C@]4(C)[C@H]3CC[C@]12C. The predicted octanol–water partition coefficient (Wildman–Crippen LogP) is 4.38. The fourth-order valence-electron chi connectivity index (χ4n) is 8.57. The average molecular weight is 374 g/mol. The van der Waals surface area contributed by atoms with Crippen LogP contribution in [0.3, 0.4) is 0 Å². The summed E-state index contributed by atoms with van der Waals surface area (Å²) in [5.41, 5.74) is 0.775. The van der Waals surface area contributed by atoms with Gasteiger partial charge < -0.3 is 9.90 Å². The average Bonchev–Trinajstić information content (AvgIpc) is 2.97. The van der Waals surface area contributed by atoms with Crippen LogP contribution in [0.2, 0.25) is 0 Å². The molecule has 0 aromatic heterocycles. The normalized spacial score (nSPS) is 47.7. The van der Waals surface area contributed by atoms with Crippen LogP contribution in [0.1, 0.15) is 91.4 Å². The minimum absolute atomic E-state index is 0.207. The summed E-state index contributed by atoms with van der Waals surface area (Å²) in [7, 11) is 0. The third-order valence-electron chi connectivity index (χ3n) is 10.0. The van der Waals surface area contributed by atoms with Crippen molar-refractivity contribution in [3.8, 4) is 0 Å². The monoisotopic (exact) mass is 373 g/mol. The van der Waals surface area contributed by atoms with Gasteiger partial charge in [-0.05, 0) is 104 Å². The standard InChI is InChI=1S/C24H38O3/c1-15(4-9-22(26)27)19-7-8-20-18-6-5-16-14-17(25)10-12-23(16,2)21(18)11-13-24(19,20)3/h15-16,18-21H,4-14H2,1-3H3,(H,26,27)/p-1/t15-,16-,18+,19-,20+,21+,23+,24-/m1/s1. The molecule has 4 fully saturated rings. The van der Waals surface area contributed by atoms with Crippen molar-refractivity contribution in [1.29, 1.82) is 0 Å². The summed E-state index contributed by atoms with van der Waals surface area (Å²) in [4.78, 5) is 23.0. The first-order valence-corrected chi connectivity index (χ1v) is 11.5. The number of Topliss-reactive ketones (excluding diaryl/α,β-unsaturated/α-hetero) is 1. The molecule has 0 aromatic carbocycles. The van der Waals surface area contributed by atoms with Crippen LogP contribution in [0.5, 0.6) is 0 Å². The number of hydrogen-bond acceptors (Lipinski definition) is 3. The van der Waals surface area contributed by atoms with Gasteiger partial charge in [-0.15, -0.1) is 0 Å². The Balaban J connectivity index is 1.52. The van der Waals surface area contributed by atoms with Crippen LogP contribution in [0, 0.1) is 46.3 Å². The molecule has 4 aliphatic rings. The Hall–Kier alpha value is -0.860. The fraction of sp³-hybridized carbons (Fsp3) is 0.917. The number of carboxylic acid groups (broad SMARTS) is 1. The van der Waals surface area contributed by atoms with Crippen LogP contribution in [0.4, 0.5) is 0 Å². The molecule has 0 unspecified atom stereocenters. The van der Waals surface area contributed by atoms with Crippen molar-refractivity contribution < 1.29 is 14.7 Å². The molecule has 3 nitrogen and oxygen atoms in total. The van der Waals surface area contributed by atoms with Crippen molar-refractivity contribution in [3.05, 3.63) is 0 Å². The van der Waals surface area contributed by atoms with Gasteiger partial charge in [0.05, 0.1) is 0 Å². The van der Waals surface area contributed by atoms with Gasteiger partial charge in [0.15, 0.2) is 0 Å². The minimum atomic E-state index is -0.900. The molecule has 4 aliphatic carbocycles. The maximum Gasteiger partial charge on any atom is 0.133 e. The van der Waals surface area contributed by atoms with Crippen LogP contribution in [-0.4, -0.2) is 11.8 Å². The lowest BCUT2D eigenvalue weighted by atomic mass is 9.44. The van der Waals surface area contributed by atoms with Crippen LogP contribution >= 0.6 is 0 Å². The summed E-state index contributed by atoms with van der Waals surface area (Å²) >= 11 is 0. The lowest BCUT2D eigenvalue weighted by molar-refractivity contribution is -0.306. The molecule has 8 atom stereocenters. The minimum Gasteiger partial charge on any atom is -0.550 e. The highest BCUT2D eigenvalue weighted by Gasteiger charge is 2.60. The zero-order chi connectivity index (χ0) is 19.4. The van der Waals surface area contributed by atoms with E-state index in [9.17, 15) is 14.7 Å². The highest BCUT2D eigenvalue weighted by molar-refractivity contribution is 5.79. The molecule has 0 heterocycles. The molecular weight excluding hydrogens is 336 g/mol. The Labute approximate surface area is 164 Å². The first-order valence-electron chi connectivity index (χ1n) is 11.5. The smallest absolute Gasteiger partial charge is 0.133 e. The second-order valence-corrected chi connectivity index (χ2v) is 11.0. The Morgan fingerprint density at radius 2 is 1.81 bits per heavy atom. The maximum absolute atomic E-state index is 12.0. The number of fused-ring (bicyclic) bond motifs is 5. The van der Waals surface area contributed by atoms with Crippen LogP contribution in [0.25, 0.3) is 0 Å². The van der Waals surface area contributed by atoms with Gasteiger partial charge in [-0.25, -0.2) is 0 Å². The molecule has 0 saturated heterocycles. The fourth-order valence-corrected chi connectivity index (χ4v) is 8.57. The first kappa shape index (κ1) is 19.5. The molecule has 27 heavy (non-hydrogen) atoms. The highest BCUT2D eigenvalue weighted by atomic mass is 16.4. The van der Waals surface area contributed by atoms with E-state index in [1.165, 1.54) is 38.5 Å². The second kappa shape index (κ2) is 6.88. The van der Waals surface area contributed by atoms with Gasteiger partial charge in [-0.2, -0.15) is 0 Å². The summed E-state index contributed by atoms with van der Waals surface area (Å²) in [6, 6.07) is 0. The number of ketones is 1. The first-order chi connectivity index (χ1) is 12.8. The molecule has 0 radical (unpaired) electrons. The van der Waals surface area contributed by atoms with Gasteiger partial charge >= 0.3 is 0 Å². The lowest BCUT2D eigenvalue weighted by Crippen LogP contribution is -2.53. The maximum atomic E-state index is 12.0. The molecule has 4 saturated carbocycles. The molecule has 0 bridgehead atoms. The number of carboxylic acids is 1. The van der Waals surface area contributed by atoms with Crippen molar-refractivity contribution in [2.75, 3.05) is 0 Å². The van der Waals surface area contributed by atoms with E-state index >= 15 is 0 Å². The van der Waals surface area contributed by atoms with E-state index in [4.69, 9.17) is 0 Å².